The van der Waals surface area contributed by atoms with Gasteiger partial charge in [0.2, 0.25) is 0 Å². The van der Waals surface area contributed by atoms with Crippen molar-refractivity contribution in [3.63, 3.8) is 0 Å². The van der Waals surface area contributed by atoms with E-state index < -0.39 is 17.2 Å². The topological polar surface area (TPSA) is 46.5 Å². The summed E-state index contributed by atoms with van der Waals surface area (Å²) in [4.78, 5) is 12.0. The smallest absolute Gasteiger partial charge is 0.320 e. The molecular weight excluding hydrogens is 247 g/mol. The number of ether oxygens (including phenoxy) is 1. The van der Waals surface area contributed by atoms with E-state index in [1.54, 1.807) is 19.9 Å². The zero-order valence-electron chi connectivity index (χ0n) is 11.5. The molecule has 3 nitrogen and oxygen atoms in total. The SMILES string of the molecule is C=C(/C(C)=C(F)\C=C/C)[C@]1(C(=O)OC)C=C(O)CC1. The van der Waals surface area contributed by atoms with Gasteiger partial charge < -0.3 is 9.84 Å². The predicted molar refractivity (Wildman–Crippen MR) is 72.2 cm³/mol. The Morgan fingerprint density at radius 2 is 2.26 bits per heavy atom. The molecule has 0 unspecified atom stereocenters. The van der Waals surface area contributed by atoms with Gasteiger partial charge in [-0.25, -0.2) is 4.39 Å². The second kappa shape index (κ2) is 5.87. The summed E-state index contributed by atoms with van der Waals surface area (Å²) in [5.41, 5.74) is -0.560. The van der Waals surface area contributed by atoms with Crippen LogP contribution in [-0.4, -0.2) is 18.2 Å². The van der Waals surface area contributed by atoms with Crippen molar-refractivity contribution in [1.82, 2.24) is 0 Å². The van der Waals surface area contributed by atoms with E-state index in [1.165, 1.54) is 19.3 Å². The second-order valence-corrected chi connectivity index (χ2v) is 4.55. The third-order valence-electron chi connectivity index (χ3n) is 3.40. The van der Waals surface area contributed by atoms with Crippen molar-refractivity contribution in [2.24, 2.45) is 5.41 Å². The molecule has 1 rings (SSSR count). The monoisotopic (exact) mass is 266 g/mol. The highest BCUT2D eigenvalue weighted by atomic mass is 19.1. The molecular formula is C15H19FO3. The fraction of sp³-hybridized carbons (Fsp3) is 0.400. The molecule has 0 fully saturated rings. The number of esters is 1. The number of methoxy groups -OCH3 is 1. The summed E-state index contributed by atoms with van der Waals surface area (Å²) in [6.07, 6.45) is 4.98. The Morgan fingerprint density at radius 3 is 2.68 bits per heavy atom. The number of carbonyl (C=O) groups is 1. The molecule has 104 valence electrons. The average molecular weight is 266 g/mol. The number of rotatable bonds is 4. The minimum Gasteiger partial charge on any atom is -0.513 e. The maximum absolute atomic E-state index is 13.8. The van der Waals surface area contributed by atoms with Gasteiger partial charge >= 0.3 is 5.97 Å². The maximum atomic E-state index is 13.8. The van der Waals surface area contributed by atoms with Crippen LogP contribution in [0.2, 0.25) is 0 Å². The first-order chi connectivity index (χ1) is 8.89. The first-order valence-electron chi connectivity index (χ1n) is 6.07. The van der Waals surface area contributed by atoms with Crippen LogP contribution in [0.25, 0.3) is 0 Å². The molecule has 0 aromatic rings. The van der Waals surface area contributed by atoms with Crippen molar-refractivity contribution in [2.75, 3.05) is 7.11 Å². The van der Waals surface area contributed by atoms with Crippen molar-refractivity contribution in [1.29, 1.82) is 0 Å². The summed E-state index contributed by atoms with van der Waals surface area (Å²) in [7, 11) is 1.27. The van der Waals surface area contributed by atoms with Crippen LogP contribution in [0.5, 0.6) is 0 Å². The molecule has 4 heteroatoms. The molecule has 1 N–H and O–H groups in total. The van der Waals surface area contributed by atoms with Gasteiger partial charge in [0.05, 0.1) is 12.9 Å². The van der Waals surface area contributed by atoms with E-state index >= 15 is 0 Å². The molecule has 0 amide bonds. The van der Waals surface area contributed by atoms with Gasteiger partial charge in [-0.3, -0.25) is 4.79 Å². The summed E-state index contributed by atoms with van der Waals surface area (Å²) < 4.78 is 18.6. The van der Waals surface area contributed by atoms with E-state index in [4.69, 9.17) is 4.74 Å². The largest absolute Gasteiger partial charge is 0.513 e. The number of halogens is 1. The van der Waals surface area contributed by atoms with Gasteiger partial charge in [-0.2, -0.15) is 0 Å². The molecule has 0 radical (unpaired) electrons. The number of hydrogen-bond donors (Lipinski definition) is 1. The van der Waals surface area contributed by atoms with Crippen LogP contribution in [0.3, 0.4) is 0 Å². The minimum atomic E-state index is -1.16. The highest BCUT2D eigenvalue weighted by molar-refractivity contribution is 5.85. The Kier molecular flexibility index (Phi) is 4.70. The van der Waals surface area contributed by atoms with Gasteiger partial charge in [0.15, 0.2) is 0 Å². The standard InChI is InChI=1S/C15H19FO3/c1-5-6-13(16)10(2)11(3)15(14(18)19-4)8-7-12(17)9-15/h5-6,9,17H,3,7-8H2,1-2,4H3/b6-5-,13-10+/t15-/m1/s1. The van der Waals surface area contributed by atoms with Crippen molar-refractivity contribution < 1.29 is 19.0 Å². The van der Waals surface area contributed by atoms with Crippen molar-refractivity contribution >= 4 is 5.97 Å². The molecule has 0 aliphatic heterocycles. The number of allylic oxidation sites excluding steroid dienone is 5. The maximum Gasteiger partial charge on any atom is 0.320 e. The predicted octanol–water partition coefficient (Wildman–Crippen LogP) is 3.76. The molecule has 0 heterocycles. The lowest BCUT2D eigenvalue weighted by Crippen LogP contribution is -2.31. The zero-order chi connectivity index (χ0) is 14.6. The Balaban J connectivity index is 3.26. The molecule has 19 heavy (non-hydrogen) atoms. The van der Waals surface area contributed by atoms with Crippen LogP contribution < -0.4 is 0 Å². The lowest BCUT2D eigenvalue weighted by molar-refractivity contribution is -0.147. The van der Waals surface area contributed by atoms with Crippen molar-refractivity contribution in [3.05, 3.63) is 47.5 Å². The summed E-state index contributed by atoms with van der Waals surface area (Å²) >= 11 is 0. The van der Waals surface area contributed by atoms with Crippen molar-refractivity contribution in [3.8, 4) is 0 Å². The molecule has 1 aliphatic rings. The van der Waals surface area contributed by atoms with Crippen LogP contribution in [0.15, 0.2) is 47.5 Å². The van der Waals surface area contributed by atoms with E-state index in [0.29, 0.717) is 18.4 Å². The fourth-order valence-electron chi connectivity index (χ4n) is 2.21. The number of carbonyl (C=O) groups excluding carboxylic acids is 1. The van der Waals surface area contributed by atoms with E-state index in [9.17, 15) is 14.3 Å². The van der Waals surface area contributed by atoms with E-state index in [0.717, 1.165) is 0 Å². The van der Waals surface area contributed by atoms with Gasteiger partial charge in [-0.15, -0.1) is 0 Å². The molecule has 0 aromatic heterocycles. The fourth-order valence-corrected chi connectivity index (χ4v) is 2.21. The average Bonchev–Trinajstić information content (AvgIpc) is 2.79. The third-order valence-corrected chi connectivity index (χ3v) is 3.40. The van der Waals surface area contributed by atoms with Crippen LogP contribution in [-0.2, 0) is 9.53 Å². The first-order valence-corrected chi connectivity index (χ1v) is 6.07. The molecule has 0 bridgehead atoms. The van der Waals surface area contributed by atoms with E-state index in [-0.39, 0.29) is 11.3 Å². The van der Waals surface area contributed by atoms with Crippen LogP contribution in [0.4, 0.5) is 4.39 Å². The number of aliphatic hydroxyl groups excluding tert-OH is 1. The van der Waals surface area contributed by atoms with E-state index in [2.05, 4.69) is 6.58 Å². The minimum absolute atomic E-state index is 0.103. The van der Waals surface area contributed by atoms with E-state index in [1.807, 2.05) is 0 Å². The molecule has 0 saturated carbocycles. The van der Waals surface area contributed by atoms with Gasteiger partial charge in [-0.1, -0.05) is 12.7 Å². The molecule has 0 saturated heterocycles. The highest BCUT2D eigenvalue weighted by Gasteiger charge is 2.45. The summed E-state index contributed by atoms with van der Waals surface area (Å²) in [6, 6.07) is 0. The first kappa shape index (κ1) is 15.2. The quantitative estimate of drug-likeness (QED) is 0.622. The summed E-state index contributed by atoms with van der Waals surface area (Å²) in [6.45, 7) is 7.09. The van der Waals surface area contributed by atoms with Crippen LogP contribution >= 0.6 is 0 Å². The van der Waals surface area contributed by atoms with Gasteiger partial charge in [0.1, 0.15) is 11.2 Å². The van der Waals surface area contributed by atoms with Crippen LogP contribution in [0, 0.1) is 5.41 Å². The van der Waals surface area contributed by atoms with Crippen molar-refractivity contribution in [2.45, 2.75) is 26.7 Å². The summed E-state index contributed by atoms with van der Waals surface area (Å²) in [5, 5.41) is 9.57. The molecule has 1 atom stereocenters. The normalized spacial score (nSPS) is 24.1. The number of hydrogen-bond acceptors (Lipinski definition) is 3. The lowest BCUT2D eigenvalue weighted by atomic mass is 9.77. The second-order valence-electron chi connectivity index (χ2n) is 4.55. The third kappa shape index (κ3) is 2.78. The molecule has 1 aliphatic carbocycles. The number of aliphatic hydroxyl groups is 1. The Hall–Kier alpha value is -1.84. The molecule has 0 aromatic carbocycles. The molecule has 0 spiro atoms. The Labute approximate surface area is 112 Å². The Bertz CT molecular complexity index is 486. The lowest BCUT2D eigenvalue weighted by Gasteiger charge is -2.27. The summed E-state index contributed by atoms with van der Waals surface area (Å²) in [5.74, 6) is -0.879. The van der Waals surface area contributed by atoms with Gasteiger partial charge in [0, 0.05) is 6.42 Å². The Morgan fingerprint density at radius 1 is 1.63 bits per heavy atom. The van der Waals surface area contributed by atoms with Crippen LogP contribution in [0.1, 0.15) is 26.7 Å². The van der Waals surface area contributed by atoms with Gasteiger partial charge in [-0.05, 0) is 43.6 Å². The zero-order valence-corrected chi connectivity index (χ0v) is 11.5. The van der Waals surface area contributed by atoms with Gasteiger partial charge in [0.25, 0.3) is 0 Å². The highest BCUT2D eigenvalue weighted by Crippen LogP contribution is 2.45.